The summed E-state index contributed by atoms with van der Waals surface area (Å²) in [6.07, 6.45) is -4.86. The Kier molecular flexibility index (Phi) is 2.93. The number of benzene rings is 1. The highest BCUT2D eigenvalue weighted by Gasteiger charge is 2.31. The molecule has 0 amide bonds. The van der Waals surface area contributed by atoms with Crippen LogP contribution in [0.4, 0.5) is 13.2 Å². The molecule has 0 unspecified atom stereocenters. The monoisotopic (exact) mass is 273 g/mol. The molecule has 2 rings (SSSR count). The van der Waals surface area contributed by atoms with Gasteiger partial charge in [0.15, 0.2) is 5.43 Å². The van der Waals surface area contributed by atoms with Crippen LogP contribution in [-0.4, -0.2) is 22.4 Å². The Morgan fingerprint density at radius 1 is 1.26 bits per heavy atom. The Balaban J connectivity index is 2.56. The summed E-state index contributed by atoms with van der Waals surface area (Å²) in [5.74, 6) is -1.89. The number of carboxylic acids is 1. The number of hydrogen-bond donors (Lipinski definition) is 2. The summed E-state index contributed by atoms with van der Waals surface area (Å²) < 4.78 is 39.8. The summed E-state index contributed by atoms with van der Waals surface area (Å²) in [5, 5.41) is 8.64. The topological polar surface area (TPSA) is 79.4 Å². The minimum Gasteiger partial charge on any atom is -0.477 e. The van der Waals surface area contributed by atoms with E-state index in [4.69, 9.17) is 5.11 Å². The molecule has 0 spiro atoms. The van der Waals surface area contributed by atoms with Gasteiger partial charge < -0.3 is 14.8 Å². The van der Waals surface area contributed by atoms with Crippen LogP contribution in [0.2, 0.25) is 0 Å². The SMILES string of the molecule is O=C(O)c1cc(=O)c2cc(OC(F)(F)F)ccc2[nH]1. The average molecular weight is 273 g/mol. The zero-order valence-corrected chi connectivity index (χ0v) is 9.12. The van der Waals surface area contributed by atoms with Crippen molar-refractivity contribution in [3.8, 4) is 5.75 Å². The van der Waals surface area contributed by atoms with Crippen LogP contribution in [0.25, 0.3) is 10.9 Å². The van der Waals surface area contributed by atoms with Gasteiger partial charge in [0, 0.05) is 11.5 Å². The van der Waals surface area contributed by atoms with Crippen LogP contribution in [0.5, 0.6) is 5.75 Å². The highest BCUT2D eigenvalue weighted by molar-refractivity contribution is 5.90. The summed E-state index contributed by atoms with van der Waals surface area (Å²) in [6.45, 7) is 0. The van der Waals surface area contributed by atoms with E-state index in [1.807, 2.05) is 0 Å². The summed E-state index contributed by atoms with van der Waals surface area (Å²) in [7, 11) is 0. The molecule has 0 fully saturated rings. The van der Waals surface area contributed by atoms with Gasteiger partial charge in [-0.3, -0.25) is 4.79 Å². The largest absolute Gasteiger partial charge is 0.573 e. The number of pyridine rings is 1. The van der Waals surface area contributed by atoms with Crippen molar-refractivity contribution < 1.29 is 27.8 Å². The molecule has 2 N–H and O–H groups in total. The second-order valence-electron chi connectivity index (χ2n) is 3.61. The second kappa shape index (κ2) is 4.30. The van der Waals surface area contributed by atoms with Crippen molar-refractivity contribution in [2.24, 2.45) is 0 Å². The molecular formula is C11H6F3NO4. The van der Waals surface area contributed by atoms with Crippen LogP contribution in [0.15, 0.2) is 29.1 Å². The van der Waals surface area contributed by atoms with Gasteiger partial charge in [-0.1, -0.05) is 0 Å². The van der Waals surface area contributed by atoms with Crippen molar-refractivity contribution in [3.63, 3.8) is 0 Å². The third kappa shape index (κ3) is 2.84. The molecule has 5 nitrogen and oxygen atoms in total. The van der Waals surface area contributed by atoms with Gasteiger partial charge in [0.25, 0.3) is 0 Å². The number of alkyl halides is 3. The quantitative estimate of drug-likeness (QED) is 0.878. The number of aromatic amines is 1. The highest BCUT2D eigenvalue weighted by Crippen LogP contribution is 2.24. The number of nitrogens with one attached hydrogen (secondary N) is 1. The first-order valence-electron chi connectivity index (χ1n) is 4.92. The van der Waals surface area contributed by atoms with Gasteiger partial charge in [-0.15, -0.1) is 13.2 Å². The maximum Gasteiger partial charge on any atom is 0.573 e. The molecule has 0 saturated heterocycles. The molecule has 100 valence electrons. The number of fused-ring (bicyclic) bond motifs is 1. The Morgan fingerprint density at radius 2 is 1.95 bits per heavy atom. The van der Waals surface area contributed by atoms with Crippen molar-refractivity contribution >= 4 is 16.9 Å². The number of H-pyrrole nitrogens is 1. The fraction of sp³-hybridized carbons (Fsp3) is 0.0909. The molecular weight excluding hydrogens is 267 g/mol. The molecule has 1 heterocycles. The Bertz CT molecular complexity index is 705. The van der Waals surface area contributed by atoms with E-state index in [2.05, 4.69) is 9.72 Å². The number of halogens is 3. The predicted molar refractivity (Wildman–Crippen MR) is 58.2 cm³/mol. The van der Waals surface area contributed by atoms with E-state index < -0.39 is 23.5 Å². The third-order valence-electron chi connectivity index (χ3n) is 2.27. The standard InChI is InChI=1S/C11H6F3NO4/c12-11(13,14)19-5-1-2-7-6(3-5)9(16)4-8(15-7)10(17)18/h1-4H,(H,15,16)(H,17,18). The lowest BCUT2D eigenvalue weighted by Gasteiger charge is -2.09. The van der Waals surface area contributed by atoms with Gasteiger partial charge in [0.2, 0.25) is 0 Å². The Hall–Kier alpha value is -2.51. The normalized spacial score (nSPS) is 11.5. The zero-order chi connectivity index (χ0) is 14.2. The molecule has 0 atom stereocenters. The van der Waals surface area contributed by atoms with E-state index in [9.17, 15) is 22.8 Å². The maximum atomic E-state index is 12.0. The van der Waals surface area contributed by atoms with E-state index in [0.29, 0.717) is 0 Å². The number of rotatable bonds is 2. The number of carbonyl (C=O) groups is 1. The predicted octanol–water partition coefficient (Wildman–Crippen LogP) is 2.12. The molecule has 2 aromatic rings. The van der Waals surface area contributed by atoms with Crippen molar-refractivity contribution in [3.05, 3.63) is 40.2 Å². The van der Waals surface area contributed by atoms with E-state index in [1.54, 1.807) is 0 Å². The van der Waals surface area contributed by atoms with Gasteiger partial charge >= 0.3 is 12.3 Å². The van der Waals surface area contributed by atoms with Gasteiger partial charge in [0.1, 0.15) is 11.4 Å². The molecule has 0 saturated carbocycles. The average Bonchev–Trinajstić information content (AvgIpc) is 2.27. The molecule has 0 radical (unpaired) electrons. The van der Waals surface area contributed by atoms with E-state index in [0.717, 1.165) is 24.3 Å². The van der Waals surface area contributed by atoms with Crippen LogP contribution >= 0.6 is 0 Å². The minimum absolute atomic E-state index is 0.0910. The molecule has 19 heavy (non-hydrogen) atoms. The van der Waals surface area contributed by atoms with E-state index in [-0.39, 0.29) is 16.6 Å². The zero-order valence-electron chi connectivity index (χ0n) is 9.12. The fourth-order valence-corrected chi connectivity index (χ4v) is 1.54. The van der Waals surface area contributed by atoms with Crippen molar-refractivity contribution in [1.29, 1.82) is 0 Å². The maximum absolute atomic E-state index is 12.0. The lowest BCUT2D eigenvalue weighted by atomic mass is 10.2. The molecule has 0 aliphatic carbocycles. The minimum atomic E-state index is -4.86. The second-order valence-corrected chi connectivity index (χ2v) is 3.61. The van der Waals surface area contributed by atoms with Crippen molar-refractivity contribution in [1.82, 2.24) is 4.98 Å². The fourth-order valence-electron chi connectivity index (χ4n) is 1.54. The molecule has 8 heteroatoms. The van der Waals surface area contributed by atoms with E-state index in [1.165, 1.54) is 0 Å². The van der Waals surface area contributed by atoms with Crippen LogP contribution in [-0.2, 0) is 0 Å². The number of aromatic carboxylic acids is 1. The lowest BCUT2D eigenvalue weighted by molar-refractivity contribution is -0.274. The number of hydrogen-bond acceptors (Lipinski definition) is 3. The van der Waals surface area contributed by atoms with Crippen molar-refractivity contribution in [2.45, 2.75) is 6.36 Å². The summed E-state index contributed by atoms with van der Waals surface area (Å²) in [4.78, 5) is 24.7. The lowest BCUT2D eigenvalue weighted by Crippen LogP contribution is -2.17. The van der Waals surface area contributed by atoms with Gasteiger partial charge in [-0.05, 0) is 18.2 Å². The van der Waals surface area contributed by atoms with Crippen LogP contribution in [0.1, 0.15) is 10.5 Å². The third-order valence-corrected chi connectivity index (χ3v) is 2.27. The van der Waals surface area contributed by atoms with Gasteiger partial charge in [-0.2, -0.15) is 0 Å². The van der Waals surface area contributed by atoms with Crippen molar-refractivity contribution in [2.75, 3.05) is 0 Å². The first kappa shape index (κ1) is 12.9. The Labute approximate surface area is 103 Å². The summed E-state index contributed by atoms with van der Waals surface area (Å²) in [6, 6.07) is 3.82. The molecule has 0 aliphatic heterocycles. The van der Waals surface area contributed by atoms with Crippen LogP contribution in [0, 0.1) is 0 Å². The first-order valence-corrected chi connectivity index (χ1v) is 4.92. The smallest absolute Gasteiger partial charge is 0.477 e. The highest BCUT2D eigenvalue weighted by atomic mass is 19.4. The molecule has 0 bridgehead atoms. The van der Waals surface area contributed by atoms with Crippen LogP contribution in [0.3, 0.4) is 0 Å². The molecule has 1 aromatic heterocycles. The number of ether oxygens (including phenoxy) is 1. The molecule has 0 aliphatic rings. The van der Waals surface area contributed by atoms with E-state index >= 15 is 0 Å². The van der Waals surface area contributed by atoms with Crippen LogP contribution < -0.4 is 10.2 Å². The number of carboxylic acid groups (broad SMARTS) is 1. The Morgan fingerprint density at radius 3 is 2.53 bits per heavy atom. The number of aromatic nitrogens is 1. The summed E-state index contributed by atoms with van der Waals surface area (Å²) >= 11 is 0. The molecule has 1 aromatic carbocycles. The summed E-state index contributed by atoms with van der Waals surface area (Å²) in [5.41, 5.74) is -0.944. The van der Waals surface area contributed by atoms with Gasteiger partial charge in [0.05, 0.1) is 5.52 Å². The van der Waals surface area contributed by atoms with Gasteiger partial charge in [-0.25, -0.2) is 4.79 Å². The first-order chi connectivity index (χ1) is 8.76.